The number of hydrogen-bond donors (Lipinski definition) is 2. The van der Waals surface area contributed by atoms with Crippen LogP contribution in [0.4, 0.5) is 0 Å². The second-order valence-electron chi connectivity index (χ2n) is 5.94. The molecule has 9 heteroatoms. The van der Waals surface area contributed by atoms with E-state index in [0.717, 1.165) is 12.6 Å². The van der Waals surface area contributed by atoms with Crippen LogP contribution < -0.4 is 11.1 Å². The summed E-state index contributed by atoms with van der Waals surface area (Å²) < 4.78 is 0. The van der Waals surface area contributed by atoms with Crippen LogP contribution in [-0.4, -0.2) is 82.5 Å². The first-order valence-corrected chi connectivity index (χ1v) is 7.53. The first-order valence-electron chi connectivity index (χ1n) is 7.53. The minimum atomic E-state index is -0.481. The maximum atomic E-state index is 12.4. The van der Waals surface area contributed by atoms with Crippen LogP contribution in [-0.2, 0) is 16.0 Å². The van der Waals surface area contributed by atoms with Crippen molar-refractivity contribution < 1.29 is 9.59 Å². The number of nitrogens with one attached hydrogen (secondary N) is 2. The van der Waals surface area contributed by atoms with E-state index in [0.29, 0.717) is 26.2 Å². The molecule has 9 nitrogen and oxygen atoms in total. The van der Waals surface area contributed by atoms with Crippen molar-refractivity contribution >= 4 is 11.8 Å². The van der Waals surface area contributed by atoms with Gasteiger partial charge in [-0.3, -0.25) is 34.3 Å². The van der Waals surface area contributed by atoms with E-state index in [1.807, 2.05) is 0 Å². The van der Waals surface area contributed by atoms with Gasteiger partial charge in [-0.1, -0.05) is 0 Å². The summed E-state index contributed by atoms with van der Waals surface area (Å²) in [5, 5.41) is 4.37. The van der Waals surface area contributed by atoms with Crippen molar-refractivity contribution in [2.24, 2.45) is 0 Å². The van der Waals surface area contributed by atoms with Gasteiger partial charge in [-0.05, 0) is 0 Å². The first-order chi connectivity index (χ1) is 11.0. The van der Waals surface area contributed by atoms with E-state index in [-0.39, 0.29) is 29.8 Å². The molecule has 0 bridgehead atoms. The number of rotatable bonds is 2. The Morgan fingerprint density at radius 3 is 2.70 bits per heavy atom. The highest BCUT2D eigenvalue weighted by atomic mass is 16.2. The van der Waals surface area contributed by atoms with E-state index in [9.17, 15) is 19.2 Å². The fraction of sp³-hybridized carbons (Fsp3) is 0.571. The molecule has 2 saturated heterocycles. The number of likely N-dealkylation sites (N-methyl/N-ethyl adjacent to an activating group) is 1. The molecule has 1 unspecified atom stereocenters. The number of carbonyl (C=O) groups excluding carboxylic acids is 2. The molecular weight excluding hydrogens is 302 g/mol. The maximum absolute atomic E-state index is 12.4. The Bertz CT molecular complexity index is 739. The number of aromatic nitrogens is 2. The SMILES string of the molecule is CN1CCN2CCN(C(=O)Cc3cc(=O)[nH][nH]c3=O)CC2C1=O. The molecule has 2 aliphatic rings. The van der Waals surface area contributed by atoms with Gasteiger partial charge in [0.2, 0.25) is 11.8 Å². The van der Waals surface area contributed by atoms with Crippen LogP contribution in [0.15, 0.2) is 15.7 Å². The van der Waals surface area contributed by atoms with Gasteiger partial charge in [-0.15, -0.1) is 0 Å². The molecule has 124 valence electrons. The lowest BCUT2D eigenvalue weighted by molar-refractivity contribution is -0.147. The minimum Gasteiger partial charge on any atom is -0.343 e. The van der Waals surface area contributed by atoms with Crippen molar-refractivity contribution in [1.82, 2.24) is 24.9 Å². The van der Waals surface area contributed by atoms with Crippen molar-refractivity contribution in [3.8, 4) is 0 Å². The summed E-state index contributed by atoms with van der Waals surface area (Å²) in [4.78, 5) is 52.9. The van der Waals surface area contributed by atoms with E-state index < -0.39 is 11.1 Å². The number of fused-ring (bicyclic) bond motifs is 1. The Labute approximate surface area is 131 Å². The molecule has 3 rings (SSSR count). The Kier molecular flexibility index (Phi) is 4.03. The van der Waals surface area contributed by atoms with Crippen LogP contribution in [0.2, 0.25) is 0 Å². The van der Waals surface area contributed by atoms with Crippen molar-refractivity contribution in [3.63, 3.8) is 0 Å². The van der Waals surface area contributed by atoms with Gasteiger partial charge in [0.05, 0.1) is 6.42 Å². The summed E-state index contributed by atoms with van der Waals surface area (Å²) in [6.45, 7) is 2.99. The van der Waals surface area contributed by atoms with Crippen molar-refractivity contribution in [2.45, 2.75) is 12.5 Å². The topological polar surface area (TPSA) is 110 Å². The van der Waals surface area contributed by atoms with Crippen LogP contribution in [0.1, 0.15) is 5.56 Å². The third-order valence-corrected chi connectivity index (χ3v) is 4.47. The molecule has 1 aromatic rings. The maximum Gasteiger partial charge on any atom is 0.266 e. The molecule has 23 heavy (non-hydrogen) atoms. The molecule has 2 N–H and O–H groups in total. The summed E-state index contributed by atoms with van der Waals surface area (Å²) in [6.07, 6.45) is -0.143. The minimum absolute atomic E-state index is 0.0164. The Morgan fingerprint density at radius 1 is 1.17 bits per heavy atom. The number of nitrogens with zero attached hydrogens (tertiary/aromatic N) is 3. The monoisotopic (exact) mass is 321 g/mol. The molecule has 0 aromatic carbocycles. The highest BCUT2D eigenvalue weighted by molar-refractivity contribution is 5.85. The van der Waals surface area contributed by atoms with Crippen LogP contribution in [0.25, 0.3) is 0 Å². The van der Waals surface area contributed by atoms with E-state index in [2.05, 4.69) is 15.1 Å². The van der Waals surface area contributed by atoms with Gasteiger partial charge in [0.15, 0.2) is 0 Å². The quantitative estimate of drug-likeness (QED) is 0.630. The average molecular weight is 321 g/mol. The first kappa shape index (κ1) is 15.5. The highest BCUT2D eigenvalue weighted by Gasteiger charge is 2.38. The molecular formula is C14H19N5O4. The highest BCUT2D eigenvalue weighted by Crippen LogP contribution is 2.16. The Hall–Kier alpha value is -2.42. The van der Waals surface area contributed by atoms with E-state index in [1.54, 1.807) is 16.8 Å². The van der Waals surface area contributed by atoms with Gasteiger partial charge in [0.1, 0.15) is 6.04 Å². The van der Waals surface area contributed by atoms with Gasteiger partial charge in [-0.2, -0.15) is 0 Å². The number of aromatic amines is 2. The average Bonchev–Trinajstić information content (AvgIpc) is 2.54. The van der Waals surface area contributed by atoms with Crippen molar-refractivity contribution in [2.75, 3.05) is 39.8 Å². The zero-order valence-electron chi connectivity index (χ0n) is 12.9. The molecule has 1 aromatic heterocycles. The third-order valence-electron chi connectivity index (χ3n) is 4.47. The summed E-state index contributed by atoms with van der Waals surface area (Å²) >= 11 is 0. The lowest BCUT2D eigenvalue weighted by Crippen LogP contribution is -2.64. The molecule has 0 saturated carbocycles. The van der Waals surface area contributed by atoms with Crippen molar-refractivity contribution in [3.05, 3.63) is 32.3 Å². The zero-order chi connectivity index (χ0) is 16.6. The standard InChI is InChI=1S/C14H19N5O4/c1-17-2-3-18-4-5-19(8-10(18)14(17)23)12(21)7-9-6-11(20)15-16-13(9)22/h6,10H,2-5,7-8H2,1H3,(H,15,20)(H,16,22). The predicted molar refractivity (Wildman–Crippen MR) is 81.0 cm³/mol. The van der Waals surface area contributed by atoms with Crippen molar-refractivity contribution in [1.29, 1.82) is 0 Å². The molecule has 0 radical (unpaired) electrons. The fourth-order valence-corrected chi connectivity index (χ4v) is 3.06. The number of carbonyl (C=O) groups is 2. The number of piperazine rings is 2. The molecule has 0 aliphatic carbocycles. The molecule has 0 spiro atoms. The van der Waals surface area contributed by atoms with Gasteiger partial charge in [0.25, 0.3) is 11.1 Å². The predicted octanol–water partition coefficient (Wildman–Crippen LogP) is -2.41. The number of hydrogen-bond acceptors (Lipinski definition) is 5. The second kappa shape index (κ2) is 5.99. The molecule has 2 aliphatic heterocycles. The Balaban J connectivity index is 1.71. The van der Waals surface area contributed by atoms with E-state index >= 15 is 0 Å². The second-order valence-corrected chi connectivity index (χ2v) is 5.94. The largest absolute Gasteiger partial charge is 0.343 e. The fourth-order valence-electron chi connectivity index (χ4n) is 3.06. The third kappa shape index (κ3) is 3.04. The molecule has 3 heterocycles. The summed E-state index contributed by atoms with van der Waals surface area (Å²) in [5.41, 5.74) is -0.806. The van der Waals surface area contributed by atoms with Crippen LogP contribution >= 0.6 is 0 Å². The summed E-state index contributed by atoms with van der Waals surface area (Å²) in [5.74, 6) is -0.232. The van der Waals surface area contributed by atoms with Crippen LogP contribution in [0, 0.1) is 0 Å². The normalized spacial score (nSPS) is 22.1. The lowest BCUT2D eigenvalue weighted by atomic mass is 10.1. The summed E-state index contributed by atoms with van der Waals surface area (Å²) in [7, 11) is 1.76. The molecule has 1 atom stereocenters. The number of amides is 2. The van der Waals surface area contributed by atoms with Gasteiger partial charge in [-0.25, -0.2) is 0 Å². The van der Waals surface area contributed by atoms with Crippen LogP contribution in [0.3, 0.4) is 0 Å². The van der Waals surface area contributed by atoms with Crippen LogP contribution in [0.5, 0.6) is 0 Å². The van der Waals surface area contributed by atoms with E-state index in [1.165, 1.54) is 0 Å². The van der Waals surface area contributed by atoms with Gasteiger partial charge < -0.3 is 9.80 Å². The van der Waals surface area contributed by atoms with Gasteiger partial charge >= 0.3 is 0 Å². The number of H-pyrrole nitrogens is 2. The molecule has 2 amide bonds. The smallest absolute Gasteiger partial charge is 0.266 e. The zero-order valence-corrected chi connectivity index (χ0v) is 12.9. The Morgan fingerprint density at radius 2 is 1.91 bits per heavy atom. The summed E-state index contributed by atoms with van der Waals surface area (Å²) in [6, 6.07) is 0.816. The lowest BCUT2D eigenvalue weighted by Gasteiger charge is -2.45. The molecule has 2 fully saturated rings. The van der Waals surface area contributed by atoms with E-state index in [4.69, 9.17) is 0 Å². The van der Waals surface area contributed by atoms with Gasteiger partial charge in [0, 0.05) is 51.4 Å².